The number of nitrogens with two attached hydrogens (primary N) is 1. The average Bonchev–Trinajstić information content (AvgIpc) is 2.74. The molecular weight excluding hydrogens is 238 g/mol. The molecule has 4 heteroatoms. The average molecular weight is 261 g/mol. The van der Waals surface area contributed by atoms with E-state index in [4.69, 9.17) is 10.5 Å². The first-order valence-electron chi connectivity index (χ1n) is 6.70. The fourth-order valence-electron chi connectivity index (χ4n) is 2.37. The summed E-state index contributed by atoms with van der Waals surface area (Å²) >= 11 is 0. The number of H-pyrrole nitrogens is 1. The van der Waals surface area contributed by atoms with Crippen LogP contribution in [0, 0.1) is 0 Å². The normalized spacial score (nSPS) is 11.4. The number of rotatable bonds is 6. The minimum absolute atomic E-state index is 0.706. The molecule has 1 aromatic carbocycles. The predicted octanol–water partition coefficient (Wildman–Crippen LogP) is 2.64. The quantitative estimate of drug-likeness (QED) is 0.786. The maximum atomic E-state index is 5.84. The first-order valence-corrected chi connectivity index (χ1v) is 6.70. The van der Waals surface area contributed by atoms with Crippen LogP contribution in [0.1, 0.15) is 18.4 Å². The summed E-state index contributed by atoms with van der Waals surface area (Å²) in [6, 6.07) is 6.08. The topological polar surface area (TPSA) is 54.3 Å². The summed E-state index contributed by atoms with van der Waals surface area (Å²) in [4.78, 5) is 5.46. The molecule has 0 aliphatic carbocycles. The van der Waals surface area contributed by atoms with Gasteiger partial charge in [0.1, 0.15) is 11.6 Å². The molecule has 19 heavy (non-hydrogen) atoms. The molecule has 0 aliphatic heterocycles. The third-order valence-corrected chi connectivity index (χ3v) is 3.34. The number of hydrogen-bond acceptors (Lipinski definition) is 3. The SMILES string of the molecule is COc1cc(CCCCN(C)C)c2[nH]c(N)cc2c1. The van der Waals surface area contributed by atoms with Crippen molar-refractivity contribution in [2.75, 3.05) is 33.5 Å². The van der Waals surface area contributed by atoms with Crippen molar-refractivity contribution in [2.45, 2.75) is 19.3 Å². The second-order valence-corrected chi connectivity index (χ2v) is 5.24. The highest BCUT2D eigenvalue weighted by Gasteiger charge is 2.07. The maximum absolute atomic E-state index is 5.84. The monoisotopic (exact) mass is 261 g/mol. The van der Waals surface area contributed by atoms with Gasteiger partial charge in [0.2, 0.25) is 0 Å². The van der Waals surface area contributed by atoms with Gasteiger partial charge in [0, 0.05) is 5.39 Å². The lowest BCUT2D eigenvalue weighted by atomic mass is 10.0. The Labute approximate surface area is 114 Å². The molecule has 0 aliphatic rings. The highest BCUT2D eigenvalue weighted by Crippen LogP contribution is 2.27. The van der Waals surface area contributed by atoms with Gasteiger partial charge in [-0.05, 0) is 63.7 Å². The Balaban J connectivity index is 2.15. The number of unbranched alkanes of at least 4 members (excludes halogenated alkanes) is 1. The van der Waals surface area contributed by atoms with E-state index < -0.39 is 0 Å². The Kier molecular flexibility index (Phi) is 4.32. The number of ether oxygens (including phenoxy) is 1. The molecule has 2 aromatic rings. The molecule has 0 unspecified atom stereocenters. The molecule has 0 spiro atoms. The van der Waals surface area contributed by atoms with Crippen LogP contribution in [0.3, 0.4) is 0 Å². The second kappa shape index (κ2) is 5.97. The summed E-state index contributed by atoms with van der Waals surface area (Å²) in [5.74, 6) is 1.60. The molecule has 2 rings (SSSR count). The molecule has 0 radical (unpaired) electrons. The van der Waals surface area contributed by atoms with Crippen LogP contribution in [0.15, 0.2) is 18.2 Å². The van der Waals surface area contributed by atoms with Gasteiger partial charge in [-0.2, -0.15) is 0 Å². The van der Waals surface area contributed by atoms with Crippen LogP contribution in [0.25, 0.3) is 10.9 Å². The Morgan fingerprint density at radius 3 is 2.68 bits per heavy atom. The number of benzene rings is 1. The molecule has 104 valence electrons. The van der Waals surface area contributed by atoms with E-state index in [1.54, 1.807) is 7.11 Å². The lowest BCUT2D eigenvalue weighted by Crippen LogP contribution is -2.12. The number of hydrogen-bond donors (Lipinski definition) is 2. The van der Waals surface area contributed by atoms with Crippen LogP contribution < -0.4 is 10.5 Å². The summed E-state index contributed by atoms with van der Waals surface area (Å²) in [5, 5.41) is 1.12. The summed E-state index contributed by atoms with van der Waals surface area (Å²) < 4.78 is 5.35. The molecule has 4 nitrogen and oxygen atoms in total. The molecular formula is C15H23N3O. The lowest BCUT2D eigenvalue weighted by molar-refractivity contribution is 0.394. The number of nitrogen functional groups attached to an aromatic ring is 1. The van der Waals surface area contributed by atoms with Crippen molar-refractivity contribution in [1.82, 2.24) is 9.88 Å². The number of anilines is 1. The Hall–Kier alpha value is -1.68. The Morgan fingerprint density at radius 1 is 1.21 bits per heavy atom. The summed E-state index contributed by atoms with van der Waals surface area (Å²) in [6.07, 6.45) is 3.41. The van der Waals surface area contributed by atoms with Gasteiger partial charge in [0.15, 0.2) is 0 Å². The third kappa shape index (κ3) is 3.41. The van der Waals surface area contributed by atoms with Crippen LogP contribution >= 0.6 is 0 Å². The van der Waals surface area contributed by atoms with E-state index in [9.17, 15) is 0 Å². The fraction of sp³-hybridized carbons (Fsp3) is 0.467. The highest BCUT2D eigenvalue weighted by molar-refractivity contribution is 5.87. The molecule has 0 saturated carbocycles. The summed E-state index contributed by atoms with van der Waals surface area (Å²) in [6.45, 7) is 1.12. The van der Waals surface area contributed by atoms with Gasteiger partial charge in [-0.25, -0.2) is 0 Å². The van der Waals surface area contributed by atoms with E-state index in [0.29, 0.717) is 5.82 Å². The zero-order chi connectivity index (χ0) is 13.8. The maximum Gasteiger partial charge on any atom is 0.119 e. The fourth-order valence-corrected chi connectivity index (χ4v) is 2.37. The first-order chi connectivity index (χ1) is 9.10. The molecule has 0 amide bonds. The lowest BCUT2D eigenvalue weighted by Gasteiger charge is -2.10. The van der Waals surface area contributed by atoms with E-state index in [-0.39, 0.29) is 0 Å². The van der Waals surface area contributed by atoms with Gasteiger partial charge in [0.25, 0.3) is 0 Å². The number of fused-ring (bicyclic) bond motifs is 1. The number of aryl methyl sites for hydroxylation is 1. The van der Waals surface area contributed by atoms with Crippen molar-refractivity contribution in [2.24, 2.45) is 0 Å². The summed E-state index contributed by atoms with van der Waals surface area (Å²) in [7, 11) is 5.91. The van der Waals surface area contributed by atoms with Crippen molar-refractivity contribution < 1.29 is 4.74 Å². The van der Waals surface area contributed by atoms with Crippen LogP contribution in [-0.2, 0) is 6.42 Å². The largest absolute Gasteiger partial charge is 0.497 e. The van der Waals surface area contributed by atoms with Crippen molar-refractivity contribution >= 4 is 16.7 Å². The molecule has 0 bridgehead atoms. The number of nitrogens with zero attached hydrogens (tertiary/aromatic N) is 1. The van der Waals surface area contributed by atoms with Gasteiger partial charge < -0.3 is 20.4 Å². The van der Waals surface area contributed by atoms with Gasteiger partial charge in [-0.15, -0.1) is 0 Å². The predicted molar refractivity (Wildman–Crippen MR) is 80.8 cm³/mol. The van der Waals surface area contributed by atoms with Gasteiger partial charge >= 0.3 is 0 Å². The van der Waals surface area contributed by atoms with Crippen LogP contribution in [0.4, 0.5) is 5.82 Å². The van der Waals surface area contributed by atoms with Crippen LogP contribution in [0.5, 0.6) is 5.75 Å². The van der Waals surface area contributed by atoms with E-state index in [1.807, 2.05) is 12.1 Å². The number of nitrogens with one attached hydrogen (secondary N) is 1. The molecule has 3 N–H and O–H groups in total. The number of aromatic amines is 1. The van der Waals surface area contributed by atoms with Crippen molar-refractivity contribution in [3.05, 3.63) is 23.8 Å². The van der Waals surface area contributed by atoms with Crippen molar-refractivity contribution in [1.29, 1.82) is 0 Å². The Bertz CT molecular complexity index is 546. The highest BCUT2D eigenvalue weighted by atomic mass is 16.5. The minimum atomic E-state index is 0.706. The summed E-state index contributed by atoms with van der Waals surface area (Å²) in [5.41, 5.74) is 8.27. The number of aromatic nitrogens is 1. The first kappa shape index (κ1) is 13.7. The molecule has 0 fully saturated rings. The van der Waals surface area contributed by atoms with E-state index in [1.165, 1.54) is 18.4 Å². The molecule has 0 saturated heterocycles. The molecule has 0 atom stereocenters. The smallest absolute Gasteiger partial charge is 0.119 e. The Morgan fingerprint density at radius 2 is 2.00 bits per heavy atom. The van der Waals surface area contributed by atoms with Crippen LogP contribution in [-0.4, -0.2) is 37.6 Å². The van der Waals surface area contributed by atoms with Gasteiger partial charge in [0.05, 0.1) is 12.6 Å². The van der Waals surface area contributed by atoms with Gasteiger partial charge in [-0.1, -0.05) is 0 Å². The van der Waals surface area contributed by atoms with Gasteiger partial charge in [-0.3, -0.25) is 0 Å². The molecule has 1 heterocycles. The third-order valence-electron chi connectivity index (χ3n) is 3.34. The van der Waals surface area contributed by atoms with Crippen molar-refractivity contribution in [3.8, 4) is 5.75 Å². The van der Waals surface area contributed by atoms with E-state index in [0.717, 1.165) is 29.6 Å². The zero-order valence-corrected chi connectivity index (χ0v) is 12.0. The van der Waals surface area contributed by atoms with E-state index in [2.05, 4.69) is 30.0 Å². The minimum Gasteiger partial charge on any atom is -0.497 e. The standard InChI is InChI=1S/C15H23N3O/c1-18(2)7-5-4-6-11-8-13(19-3)9-12-10-14(16)17-15(11)12/h8-10,17H,4-7,16H2,1-3H3. The number of methoxy groups -OCH3 is 1. The van der Waals surface area contributed by atoms with E-state index >= 15 is 0 Å². The molecule has 1 aromatic heterocycles. The zero-order valence-electron chi connectivity index (χ0n) is 12.0. The van der Waals surface area contributed by atoms with Crippen molar-refractivity contribution in [3.63, 3.8) is 0 Å². The van der Waals surface area contributed by atoms with Crippen LogP contribution in [0.2, 0.25) is 0 Å². The second-order valence-electron chi connectivity index (χ2n) is 5.24.